The summed E-state index contributed by atoms with van der Waals surface area (Å²) < 4.78 is 51.4. The summed E-state index contributed by atoms with van der Waals surface area (Å²) in [6, 6.07) is 11.1. The van der Waals surface area contributed by atoms with Gasteiger partial charge >= 0.3 is 6.18 Å². The van der Waals surface area contributed by atoms with E-state index in [-0.39, 0.29) is 18.6 Å². The van der Waals surface area contributed by atoms with Crippen LogP contribution in [0.2, 0.25) is 0 Å². The number of hydrogen-bond acceptors (Lipinski definition) is 4. The molecule has 2 rings (SSSR count). The first kappa shape index (κ1) is 21.6. The van der Waals surface area contributed by atoms with E-state index in [1.807, 2.05) is 6.92 Å². The van der Waals surface area contributed by atoms with E-state index in [4.69, 9.17) is 9.47 Å². The largest absolute Gasteiger partial charge is 0.497 e. The van der Waals surface area contributed by atoms with E-state index in [1.165, 1.54) is 12.1 Å². The predicted octanol–water partition coefficient (Wildman–Crippen LogP) is 4.27. The third-order valence-corrected chi connectivity index (χ3v) is 4.00. The molecule has 8 heteroatoms. The second-order valence-electron chi connectivity index (χ2n) is 6.11. The molecule has 0 saturated heterocycles. The van der Waals surface area contributed by atoms with Gasteiger partial charge in [0.1, 0.15) is 18.1 Å². The van der Waals surface area contributed by atoms with Crippen molar-refractivity contribution in [1.29, 1.82) is 0 Å². The zero-order valence-corrected chi connectivity index (χ0v) is 15.8. The van der Waals surface area contributed by atoms with E-state index in [0.29, 0.717) is 22.6 Å². The van der Waals surface area contributed by atoms with E-state index < -0.39 is 12.8 Å². The fourth-order valence-electron chi connectivity index (χ4n) is 2.57. The minimum Gasteiger partial charge on any atom is -0.497 e. The van der Waals surface area contributed by atoms with Crippen LogP contribution in [0.25, 0.3) is 0 Å². The van der Waals surface area contributed by atoms with Crippen LogP contribution in [0.3, 0.4) is 0 Å². The van der Waals surface area contributed by atoms with Crippen LogP contribution in [-0.4, -0.2) is 32.9 Å². The van der Waals surface area contributed by atoms with Crippen molar-refractivity contribution < 1.29 is 32.2 Å². The Morgan fingerprint density at radius 3 is 2.32 bits per heavy atom. The molecule has 0 fully saturated rings. The second kappa shape index (κ2) is 9.45. The Hall–Kier alpha value is -2.74. The van der Waals surface area contributed by atoms with Crippen LogP contribution >= 0.6 is 0 Å². The normalized spacial score (nSPS) is 12.4. The lowest BCUT2D eigenvalue weighted by Crippen LogP contribution is -2.27. The van der Waals surface area contributed by atoms with Gasteiger partial charge < -0.3 is 19.5 Å². The first-order valence-corrected chi connectivity index (χ1v) is 8.49. The smallest absolute Gasteiger partial charge is 0.411 e. The van der Waals surface area contributed by atoms with Crippen LogP contribution in [-0.2, 0) is 11.3 Å². The van der Waals surface area contributed by atoms with Gasteiger partial charge in [0, 0.05) is 11.1 Å². The number of alkyl halides is 3. The molecule has 1 N–H and O–H groups in total. The Bertz CT molecular complexity index is 791. The number of carbonyl (C=O) groups excluding carboxylic acids is 1. The SMILES string of the molecule is COc1ccc(OC)c([C@H](C)NC(=O)c2ccc(COCC(F)(F)F)cc2)c1. The number of benzene rings is 2. The summed E-state index contributed by atoms with van der Waals surface area (Å²) in [6.07, 6.45) is -4.36. The molecular formula is C20H22F3NO4. The molecule has 1 atom stereocenters. The lowest BCUT2D eigenvalue weighted by Gasteiger charge is -2.18. The fraction of sp³-hybridized carbons (Fsp3) is 0.350. The molecule has 0 spiro atoms. The highest BCUT2D eigenvalue weighted by molar-refractivity contribution is 5.94. The van der Waals surface area contributed by atoms with Crippen molar-refractivity contribution in [2.75, 3.05) is 20.8 Å². The molecule has 0 bridgehead atoms. The van der Waals surface area contributed by atoms with Crippen LogP contribution in [0.15, 0.2) is 42.5 Å². The Balaban J connectivity index is 2.01. The first-order valence-electron chi connectivity index (χ1n) is 8.49. The van der Waals surface area contributed by atoms with Gasteiger partial charge in [0.25, 0.3) is 5.91 Å². The van der Waals surface area contributed by atoms with Gasteiger partial charge in [-0.15, -0.1) is 0 Å². The quantitative estimate of drug-likeness (QED) is 0.723. The highest BCUT2D eigenvalue weighted by Gasteiger charge is 2.27. The Labute approximate surface area is 161 Å². The maximum Gasteiger partial charge on any atom is 0.411 e. The molecule has 2 aromatic carbocycles. The van der Waals surface area contributed by atoms with Gasteiger partial charge in [-0.05, 0) is 42.8 Å². The summed E-state index contributed by atoms with van der Waals surface area (Å²) in [5.41, 5.74) is 1.68. The van der Waals surface area contributed by atoms with Gasteiger partial charge in [0.2, 0.25) is 0 Å². The molecule has 0 aliphatic rings. The molecule has 0 aromatic heterocycles. The molecule has 1 amide bonds. The minimum atomic E-state index is -4.36. The number of amides is 1. The van der Waals surface area contributed by atoms with Crippen LogP contribution in [0.1, 0.15) is 34.5 Å². The third-order valence-electron chi connectivity index (χ3n) is 4.00. The highest BCUT2D eigenvalue weighted by Crippen LogP contribution is 2.29. The van der Waals surface area contributed by atoms with Gasteiger partial charge in [-0.1, -0.05) is 12.1 Å². The van der Waals surface area contributed by atoms with E-state index in [2.05, 4.69) is 10.1 Å². The van der Waals surface area contributed by atoms with Crippen molar-refractivity contribution in [2.24, 2.45) is 0 Å². The monoisotopic (exact) mass is 397 g/mol. The van der Waals surface area contributed by atoms with Crippen molar-refractivity contribution in [3.63, 3.8) is 0 Å². The zero-order chi connectivity index (χ0) is 20.7. The van der Waals surface area contributed by atoms with Gasteiger partial charge in [-0.3, -0.25) is 4.79 Å². The molecule has 0 aliphatic carbocycles. The number of halogens is 3. The lowest BCUT2D eigenvalue weighted by molar-refractivity contribution is -0.176. The molecule has 28 heavy (non-hydrogen) atoms. The number of nitrogens with one attached hydrogen (secondary N) is 1. The average Bonchev–Trinajstić information content (AvgIpc) is 2.66. The number of methoxy groups -OCH3 is 2. The average molecular weight is 397 g/mol. The van der Waals surface area contributed by atoms with Gasteiger partial charge in [-0.2, -0.15) is 13.2 Å². The molecule has 0 aliphatic heterocycles. The van der Waals surface area contributed by atoms with Crippen molar-refractivity contribution in [3.05, 3.63) is 59.2 Å². The predicted molar refractivity (Wildman–Crippen MR) is 97.6 cm³/mol. The number of carbonyl (C=O) groups is 1. The van der Waals surface area contributed by atoms with Gasteiger partial charge in [0.15, 0.2) is 0 Å². The van der Waals surface area contributed by atoms with E-state index >= 15 is 0 Å². The summed E-state index contributed by atoms with van der Waals surface area (Å²) in [5.74, 6) is 0.936. The van der Waals surface area contributed by atoms with E-state index in [0.717, 1.165) is 5.56 Å². The molecule has 0 heterocycles. The summed E-state index contributed by atoms with van der Waals surface area (Å²) in [4.78, 5) is 12.5. The molecule has 0 radical (unpaired) electrons. The minimum absolute atomic E-state index is 0.182. The van der Waals surface area contributed by atoms with E-state index in [1.54, 1.807) is 44.6 Å². The molecular weight excluding hydrogens is 375 g/mol. The molecule has 0 saturated carbocycles. The fourth-order valence-corrected chi connectivity index (χ4v) is 2.57. The third kappa shape index (κ3) is 6.16. The van der Waals surface area contributed by atoms with Crippen molar-refractivity contribution in [2.45, 2.75) is 25.7 Å². The molecule has 2 aromatic rings. The maximum absolute atomic E-state index is 12.5. The summed E-state index contributed by atoms with van der Waals surface area (Å²) in [7, 11) is 3.09. The van der Waals surface area contributed by atoms with Crippen molar-refractivity contribution in [3.8, 4) is 11.5 Å². The Kier molecular flexibility index (Phi) is 7.28. The first-order chi connectivity index (χ1) is 13.2. The van der Waals surface area contributed by atoms with Crippen molar-refractivity contribution in [1.82, 2.24) is 5.32 Å². The van der Waals surface area contributed by atoms with E-state index in [9.17, 15) is 18.0 Å². The number of rotatable bonds is 8. The zero-order valence-electron chi connectivity index (χ0n) is 15.8. The highest BCUT2D eigenvalue weighted by atomic mass is 19.4. The Morgan fingerprint density at radius 1 is 1.07 bits per heavy atom. The van der Waals surface area contributed by atoms with Crippen LogP contribution < -0.4 is 14.8 Å². The molecule has 152 valence electrons. The Morgan fingerprint density at radius 2 is 1.75 bits per heavy atom. The lowest BCUT2D eigenvalue weighted by atomic mass is 10.1. The standard InChI is InChI=1S/C20H22F3NO4/c1-13(17-10-16(26-2)8-9-18(17)27-3)24-19(25)15-6-4-14(5-7-15)11-28-12-20(21,22)23/h4-10,13H,11-12H2,1-3H3,(H,24,25)/t13-/m0/s1. The van der Waals surface area contributed by atoms with Crippen LogP contribution in [0.4, 0.5) is 13.2 Å². The van der Waals surface area contributed by atoms with Gasteiger partial charge in [0.05, 0.1) is 26.9 Å². The summed E-state index contributed by atoms with van der Waals surface area (Å²) >= 11 is 0. The van der Waals surface area contributed by atoms with Crippen molar-refractivity contribution >= 4 is 5.91 Å². The molecule has 5 nitrogen and oxygen atoms in total. The topological polar surface area (TPSA) is 56.8 Å². The summed E-state index contributed by atoms with van der Waals surface area (Å²) in [6.45, 7) is 0.322. The summed E-state index contributed by atoms with van der Waals surface area (Å²) in [5, 5.41) is 2.87. The number of hydrogen-bond donors (Lipinski definition) is 1. The second-order valence-corrected chi connectivity index (χ2v) is 6.11. The maximum atomic E-state index is 12.5. The van der Waals surface area contributed by atoms with Crippen LogP contribution in [0, 0.1) is 0 Å². The molecule has 0 unspecified atom stereocenters. The van der Waals surface area contributed by atoms with Crippen LogP contribution in [0.5, 0.6) is 11.5 Å². The number of ether oxygens (including phenoxy) is 3. The van der Waals surface area contributed by atoms with Gasteiger partial charge in [-0.25, -0.2) is 0 Å².